The van der Waals surface area contributed by atoms with E-state index in [4.69, 9.17) is 5.41 Å². The van der Waals surface area contributed by atoms with Gasteiger partial charge in [0.05, 0.1) is 7.11 Å². The minimum Gasteiger partial charge on any atom is -0.466 e. The molecule has 1 rings (SSSR count). The maximum absolute atomic E-state index is 10.8. The van der Waals surface area contributed by atoms with Crippen LogP contribution in [0.5, 0.6) is 0 Å². The number of esters is 1. The lowest BCUT2D eigenvalue weighted by atomic mass is 9.99. The standard InChI is InChI=1S/C9H11NO2/c1-12-9(11)6-7-3-2-4-8(10)5-7/h2,4,6,10H,3,5H2,1H3. The minimum absolute atomic E-state index is 0.340. The van der Waals surface area contributed by atoms with Crippen molar-refractivity contribution in [3.8, 4) is 0 Å². The van der Waals surface area contributed by atoms with Crippen molar-refractivity contribution in [3.63, 3.8) is 0 Å². The average molecular weight is 165 g/mol. The van der Waals surface area contributed by atoms with Crippen molar-refractivity contribution in [2.45, 2.75) is 12.8 Å². The summed E-state index contributed by atoms with van der Waals surface area (Å²) >= 11 is 0. The summed E-state index contributed by atoms with van der Waals surface area (Å²) < 4.78 is 4.48. The van der Waals surface area contributed by atoms with Crippen LogP contribution in [-0.2, 0) is 9.53 Å². The second kappa shape index (κ2) is 3.85. The fraction of sp³-hybridized carbons (Fsp3) is 0.333. The van der Waals surface area contributed by atoms with Gasteiger partial charge in [0.15, 0.2) is 0 Å². The monoisotopic (exact) mass is 165 g/mol. The van der Waals surface area contributed by atoms with Crippen LogP contribution in [-0.4, -0.2) is 18.8 Å². The second-order valence-corrected chi connectivity index (χ2v) is 2.63. The molecule has 64 valence electrons. The lowest BCUT2D eigenvalue weighted by molar-refractivity contribution is -0.134. The molecule has 0 heterocycles. The van der Waals surface area contributed by atoms with Crippen molar-refractivity contribution >= 4 is 11.7 Å². The zero-order chi connectivity index (χ0) is 8.97. The molecule has 0 fully saturated rings. The predicted molar refractivity (Wildman–Crippen MR) is 46.2 cm³/mol. The van der Waals surface area contributed by atoms with Gasteiger partial charge in [0, 0.05) is 18.2 Å². The van der Waals surface area contributed by atoms with Gasteiger partial charge in [0.25, 0.3) is 0 Å². The molecule has 1 N–H and O–H groups in total. The molecule has 0 radical (unpaired) electrons. The summed E-state index contributed by atoms with van der Waals surface area (Å²) in [4.78, 5) is 10.8. The number of allylic oxidation sites excluding steroid dienone is 3. The Hall–Kier alpha value is -1.38. The van der Waals surface area contributed by atoms with E-state index in [9.17, 15) is 4.79 Å². The van der Waals surface area contributed by atoms with Crippen LogP contribution < -0.4 is 0 Å². The molecule has 0 aliphatic heterocycles. The van der Waals surface area contributed by atoms with Crippen LogP contribution in [0.2, 0.25) is 0 Å². The van der Waals surface area contributed by atoms with Crippen LogP contribution >= 0.6 is 0 Å². The minimum atomic E-state index is -0.340. The van der Waals surface area contributed by atoms with E-state index in [0.717, 1.165) is 12.0 Å². The Morgan fingerprint density at radius 1 is 1.75 bits per heavy atom. The van der Waals surface area contributed by atoms with E-state index in [-0.39, 0.29) is 5.97 Å². The zero-order valence-electron chi connectivity index (χ0n) is 6.96. The third kappa shape index (κ3) is 2.34. The van der Waals surface area contributed by atoms with E-state index in [1.165, 1.54) is 13.2 Å². The molecule has 0 unspecified atom stereocenters. The van der Waals surface area contributed by atoms with Crippen molar-refractivity contribution in [2.75, 3.05) is 7.11 Å². The smallest absolute Gasteiger partial charge is 0.330 e. The van der Waals surface area contributed by atoms with Gasteiger partial charge in [-0.2, -0.15) is 0 Å². The summed E-state index contributed by atoms with van der Waals surface area (Å²) in [6.45, 7) is 0. The molecule has 0 aromatic rings. The van der Waals surface area contributed by atoms with Gasteiger partial charge in [0.2, 0.25) is 0 Å². The van der Waals surface area contributed by atoms with Gasteiger partial charge in [-0.05, 0) is 12.5 Å². The van der Waals surface area contributed by atoms with Gasteiger partial charge in [0.1, 0.15) is 0 Å². The maximum atomic E-state index is 10.8. The van der Waals surface area contributed by atoms with Gasteiger partial charge >= 0.3 is 5.97 Å². The highest BCUT2D eigenvalue weighted by atomic mass is 16.5. The van der Waals surface area contributed by atoms with E-state index in [1.54, 1.807) is 6.08 Å². The molecule has 0 spiro atoms. The first-order valence-corrected chi connectivity index (χ1v) is 3.73. The fourth-order valence-corrected chi connectivity index (χ4v) is 1.06. The predicted octanol–water partition coefficient (Wildman–Crippen LogP) is 1.46. The summed E-state index contributed by atoms with van der Waals surface area (Å²) in [6, 6.07) is 0. The highest BCUT2D eigenvalue weighted by Gasteiger charge is 2.06. The number of carbonyl (C=O) groups is 1. The number of hydrogen-bond donors (Lipinski definition) is 1. The molecule has 0 atom stereocenters. The molecule has 0 saturated heterocycles. The zero-order valence-corrected chi connectivity index (χ0v) is 6.96. The largest absolute Gasteiger partial charge is 0.466 e. The SMILES string of the molecule is COC(=O)C=C1CC=CC(=N)C1. The van der Waals surface area contributed by atoms with Crippen LogP contribution in [0.4, 0.5) is 0 Å². The first kappa shape index (κ1) is 8.71. The van der Waals surface area contributed by atoms with Gasteiger partial charge in [-0.15, -0.1) is 0 Å². The van der Waals surface area contributed by atoms with Crippen molar-refractivity contribution < 1.29 is 9.53 Å². The van der Waals surface area contributed by atoms with Gasteiger partial charge in [-0.1, -0.05) is 11.6 Å². The third-order valence-electron chi connectivity index (χ3n) is 1.64. The Balaban J connectivity index is 2.65. The number of rotatable bonds is 1. The van der Waals surface area contributed by atoms with Crippen molar-refractivity contribution in [1.29, 1.82) is 5.41 Å². The van der Waals surface area contributed by atoms with E-state index in [2.05, 4.69) is 4.74 Å². The maximum Gasteiger partial charge on any atom is 0.330 e. The Bertz CT molecular complexity index is 264. The molecule has 0 bridgehead atoms. The molecular weight excluding hydrogens is 154 g/mol. The average Bonchev–Trinajstić information content (AvgIpc) is 2.04. The molecule has 1 aliphatic carbocycles. The highest BCUT2D eigenvalue weighted by Crippen LogP contribution is 2.14. The molecule has 0 aromatic heterocycles. The molecule has 3 nitrogen and oxygen atoms in total. The Morgan fingerprint density at radius 2 is 2.50 bits per heavy atom. The van der Waals surface area contributed by atoms with Crippen molar-refractivity contribution in [2.24, 2.45) is 0 Å². The van der Waals surface area contributed by atoms with Crippen LogP contribution in [0, 0.1) is 5.41 Å². The van der Waals surface area contributed by atoms with Gasteiger partial charge in [-0.25, -0.2) is 4.79 Å². The summed E-state index contributed by atoms with van der Waals surface area (Å²) in [5.74, 6) is -0.340. The lowest BCUT2D eigenvalue weighted by Crippen LogP contribution is -2.03. The molecular formula is C9H11NO2. The molecule has 0 amide bonds. The molecule has 0 saturated carbocycles. The van der Waals surface area contributed by atoms with Gasteiger partial charge in [-0.3, -0.25) is 0 Å². The second-order valence-electron chi connectivity index (χ2n) is 2.63. The topological polar surface area (TPSA) is 50.2 Å². The van der Waals surface area contributed by atoms with Gasteiger partial charge < -0.3 is 10.1 Å². The Morgan fingerprint density at radius 3 is 3.08 bits per heavy atom. The van der Waals surface area contributed by atoms with E-state index < -0.39 is 0 Å². The van der Waals surface area contributed by atoms with Crippen LogP contribution in [0.25, 0.3) is 0 Å². The molecule has 1 aliphatic rings. The Labute approximate surface area is 71.2 Å². The first-order chi connectivity index (χ1) is 5.72. The van der Waals surface area contributed by atoms with E-state index in [0.29, 0.717) is 12.1 Å². The number of nitrogens with one attached hydrogen (secondary N) is 1. The van der Waals surface area contributed by atoms with E-state index in [1.807, 2.05) is 6.08 Å². The van der Waals surface area contributed by atoms with Crippen LogP contribution in [0.1, 0.15) is 12.8 Å². The highest BCUT2D eigenvalue weighted by molar-refractivity contribution is 5.96. The molecule has 3 heteroatoms. The summed E-state index contributed by atoms with van der Waals surface area (Å²) in [6.07, 6.45) is 6.40. The molecule has 0 aromatic carbocycles. The molecule has 12 heavy (non-hydrogen) atoms. The van der Waals surface area contributed by atoms with Crippen molar-refractivity contribution in [3.05, 3.63) is 23.8 Å². The fourth-order valence-electron chi connectivity index (χ4n) is 1.06. The van der Waals surface area contributed by atoms with Crippen LogP contribution in [0.3, 0.4) is 0 Å². The normalized spacial score (nSPS) is 19.8. The summed E-state index contributed by atoms with van der Waals surface area (Å²) in [5.41, 5.74) is 1.48. The Kier molecular flexibility index (Phi) is 2.80. The number of ether oxygens (including phenoxy) is 1. The lowest BCUT2D eigenvalue weighted by Gasteiger charge is -2.08. The van der Waals surface area contributed by atoms with Crippen LogP contribution in [0.15, 0.2) is 23.8 Å². The van der Waals surface area contributed by atoms with E-state index >= 15 is 0 Å². The summed E-state index contributed by atoms with van der Waals surface area (Å²) in [7, 11) is 1.35. The third-order valence-corrected chi connectivity index (χ3v) is 1.64. The quantitative estimate of drug-likeness (QED) is 0.472. The summed E-state index contributed by atoms with van der Waals surface area (Å²) in [5, 5.41) is 7.34. The first-order valence-electron chi connectivity index (χ1n) is 3.73. The van der Waals surface area contributed by atoms with Crippen molar-refractivity contribution in [1.82, 2.24) is 0 Å². The number of hydrogen-bond acceptors (Lipinski definition) is 3. The number of carbonyl (C=O) groups excluding carboxylic acids is 1. The number of methoxy groups -OCH3 is 1.